The summed E-state index contributed by atoms with van der Waals surface area (Å²) < 4.78 is 12.5. The van der Waals surface area contributed by atoms with E-state index in [9.17, 15) is 4.21 Å². The highest BCUT2D eigenvalue weighted by molar-refractivity contribution is 7.85. The van der Waals surface area contributed by atoms with Crippen molar-refractivity contribution in [1.29, 1.82) is 0 Å². The molecule has 108 valence electrons. The Labute approximate surface area is 116 Å². The summed E-state index contributed by atoms with van der Waals surface area (Å²) in [6.07, 6.45) is 7.11. The fourth-order valence-electron chi connectivity index (χ4n) is 2.94. The molecular weight excluding hydrogens is 242 g/mol. The largest absolute Gasteiger partial charge is 0.313 e. The highest BCUT2D eigenvalue weighted by atomic mass is 32.2. The first-order chi connectivity index (χ1) is 8.50. The van der Waals surface area contributed by atoms with Gasteiger partial charge in [-0.15, -0.1) is 0 Å². The minimum atomic E-state index is -0.649. The lowest BCUT2D eigenvalue weighted by atomic mass is 9.75. The van der Waals surface area contributed by atoms with Crippen LogP contribution in [0.25, 0.3) is 0 Å². The molecule has 1 aliphatic rings. The molecule has 1 rings (SSSR count). The Morgan fingerprint density at radius 1 is 1.28 bits per heavy atom. The molecule has 1 saturated carbocycles. The van der Waals surface area contributed by atoms with Crippen molar-refractivity contribution in [2.24, 2.45) is 5.41 Å². The third-order valence-electron chi connectivity index (χ3n) is 4.09. The number of rotatable bonds is 7. The molecule has 3 atom stereocenters. The Morgan fingerprint density at radius 3 is 2.61 bits per heavy atom. The van der Waals surface area contributed by atoms with Gasteiger partial charge < -0.3 is 5.32 Å². The van der Waals surface area contributed by atoms with Gasteiger partial charge in [0.25, 0.3) is 0 Å². The fraction of sp³-hybridized carbons (Fsp3) is 1.00. The predicted molar refractivity (Wildman–Crippen MR) is 81.4 cm³/mol. The third kappa shape index (κ3) is 5.00. The maximum absolute atomic E-state index is 12.5. The molecule has 0 amide bonds. The third-order valence-corrected chi connectivity index (χ3v) is 5.95. The molecule has 18 heavy (non-hydrogen) atoms. The molecule has 0 aromatic rings. The summed E-state index contributed by atoms with van der Waals surface area (Å²) in [5.41, 5.74) is 0.372. The Balaban J connectivity index is 2.57. The van der Waals surface area contributed by atoms with Crippen LogP contribution in [0.15, 0.2) is 0 Å². The van der Waals surface area contributed by atoms with Crippen molar-refractivity contribution in [3.05, 3.63) is 0 Å². The zero-order valence-corrected chi connectivity index (χ0v) is 13.4. The molecule has 0 aliphatic heterocycles. The van der Waals surface area contributed by atoms with Crippen molar-refractivity contribution in [2.75, 3.05) is 12.3 Å². The van der Waals surface area contributed by atoms with Gasteiger partial charge in [0, 0.05) is 22.6 Å². The molecule has 0 aromatic carbocycles. The van der Waals surface area contributed by atoms with Crippen LogP contribution in [0.3, 0.4) is 0 Å². The van der Waals surface area contributed by atoms with Crippen LogP contribution in [0.2, 0.25) is 0 Å². The van der Waals surface area contributed by atoms with Gasteiger partial charge >= 0.3 is 0 Å². The van der Waals surface area contributed by atoms with E-state index in [1.165, 1.54) is 25.7 Å². The lowest BCUT2D eigenvalue weighted by Crippen LogP contribution is -2.48. The summed E-state index contributed by atoms with van der Waals surface area (Å²) in [6.45, 7) is 10.00. The van der Waals surface area contributed by atoms with E-state index in [1.54, 1.807) is 0 Å². The second-order valence-corrected chi connectivity index (χ2v) is 8.18. The van der Waals surface area contributed by atoms with E-state index >= 15 is 0 Å². The van der Waals surface area contributed by atoms with E-state index in [0.29, 0.717) is 16.7 Å². The zero-order valence-electron chi connectivity index (χ0n) is 12.6. The summed E-state index contributed by atoms with van der Waals surface area (Å²) in [4.78, 5) is 0. The van der Waals surface area contributed by atoms with Gasteiger partial charge in [-0.2, -0.15) is 0 Å². The lowest BCUT2D eigenvalue weighted by Gasteiger charge is -2.40. The Hall–Kier alpha value is 0.110. The van der Waals surface area contributed by atoms with Crippen LogP contribution in [0.1, 0.15) is 66.2 Å². The summed E-state index contributed by atoms with van der Waals surface area (Å²) in [5.74, 6) is 0.899. The molecule has 0 aromatic heterocycles. The second-order valence-electron chi connectivity index (χ2n) is 6.40. The second kappa shape index (κ2) is 7.64. The highest BCUT2D eigenvalue weighted by Gasteiger charge is 2.37. The normalized spacial score (nSPS) is 29.1. The van der Waals surface area contributed by atoms with Gasteiger partial charge in [-0.05, 0) is 37.6 Å². The van der Waals surface area contributed by atoms with Gasteiger partial charge in [-0.25, -0.2) is 0 Å². The van der Waals surface area contributed by atoms with Crippen LogP contribution < -0.4 is 5.32 Å². The van der Waals surface area contributed by atoms with Crippen LogP contribution in [-0.4, -0.2) is 27.8 Å². The topological polar surface area (TPSA) is 29.1 Å². The van der Waals surface area contributed by atoms with E-state index in [1.807, 2.05) is 0 Å². The minimum Gasteiger partial charge on any atom is -0.313 e. The molecule has 1 fully saturated rings. The molecule has 3 unspecified atom stereocenters. The highest BCUT2D eigenvalue weighted by Crippen LogP contribution is 2.37. The fourth-order valence-corrected chi connectivity index (χ4v) is 4.97. The number of hydrogen-bond donors (Lipinski definition) is 1. The van der Waals surface area contributed by atoms with Crippen LogP contribution in [0.4, 0.5) is 0 Å². The quantitative estimate of drug-likeness (QED) is 0.720. The summed E-state index contributed by atoms with van der Waals surface area (Å²) >= 11 is 0. The average molecular weight is 273 g/mol. The van der Waals surface area contributed by atoms with Gasteiger partial charge in [0.05, 0.1) is 5.25 Å². The van der Waals surface area contributed by atoms with Crippen molar-refractivity contribution in [2.45, 2.75) is 77.5 Å². The van der Waals surface area contributed by atoms with Crippen molar-refractivity contribution in [3.8, 4) is 0 Å². The first kappa shape index (κ1) is 16.2. The maximum Gasteiger partial charge on any atom is 0.0506 e. The van der Waals surface area contributed by atoms with Gasteiger partial charge in [0.15, 0.2) is 0 Å². The first-order valence-corrected chi connectivity index (χ1v) is 8.99. The van der Waals surface area contributed by atoms with E-state index in [0.717, 1.165) is 25.1 Å². The summed E-state index contributed by atoms with van der Waals surface area (Å²) in [5, 5.41) is 3.92. The lowest BCUT2D eigenvalue weighted by molar-refractivity contribution is 0.213. The van der Waals surface area contributed by atoms with Gasteiger partial charge in [-0.3, -0.25) is 4.21 Å². The van der Waals surface area contributed by atoms with Crippen molar-refractivity contribution in [1.82, 2.24) is 5.32 Å². The molecule has 0 radical (unpaired) electrons. The van der Waals surface area contributed by atoms with E-state index < -0.39 is 10.8 Å². The van der Waals surface area contributed by atoms with Gasteiger partial charge in [-0.1, -0.05) is 40.5 Å². The molecule has 0 saturated heterocycles. The smallest absolute Gasteiger partial charge is 0.0506 e. The first-order valence-electron chi connectivity index (χ1n) is 7.60. The van der Waals surface area contributed by atoms with Crippen molar-refractivity contribution in [3.63, 3.8) is 0 Å². The van der Waals surface area contributed by atoms with E-state index in [4.69, 9.17) is 0 Å². The Kier molecular flexibility index (Phi) is 6.86. The SMILES string of the molecule is CCCCCS(=O)C1CC(C)(C)CCC1NCC. The zero-order chi connectivity index (χ0) is 13.6. The number of nitrogens with one attached hydrogen (secondary N) is 1. The molecule has 2 nitrogen and oxygen atoms in total. The van der Waals surface area contributed by atoms with Crippen molar-refractivity contribution < 1.29 is 4.21 Å². The van der Waals surface area contributed by atoms with Crippen LogP contribution in [0.5, 0.6) is 0 Å². The van der Waals surface area contributed by atoms with Gasteiger partial charge in [0.1, 0.15) is 0 Å². The Bertz CT molecular complexity index is 265. The van der Waals surface area contributed by atoms with E-state index in [2.05, 4.69) is 33.0 Å². The van der Waals surface area contributed by atoms with Crippen LogP contribution in [0, 0.1) is 5.41 Å². The van der Waals surface area contributed by atoms with Gasteiger partial charge in [0.2, 0.25) is 0 Å². The van der Waals surface area contributed by atoms with E-state index in [-0.39, 0.29) is 0 Å². The standard InChI is InChI=1S/C15H31NOS/c1-5-7-8-11-18(17)14-12-15(3,4)10-9-13(14)16-6-2/h13-14,16H,5-12H2,1-4H3. The molecule has 1 N–H and O–H groups in total. The van der Waals surface area contributed by atoms with Crippen LogP contribution >= 0.6 is 0 Å². The summed E-state index contributed by atoms with van der Waals surface area (Å²) in [6, 6.07) is 0.477. The van der Waals surface area contributed by atoms with Crippen molar-refractivity contribution >= 4 is 10.8 Å². The molecule has 3 heteroatoms. The minimum absolute atomic E-state index is 0.366. The predicted octanol–water partition coefficient (Wildman–Crippen LogP) is 3.48. The number of hydrogen-bond acceptors (Lipinski definition) is 2. The molecule has 0 heterocycles. The molecule has 0 bridgehead atoms. The summed E-state index contributed by atoms with van der Waals surface area (Å²) in [7, 11) is -0.649. The maximum atomic E-state index is 12.5. The average Bonchev–Trinajstić information content (AvgIpc) is 2.31. The Morgan fingerprint density at radius 2 is 2.00 bits per heavy atom. The molecular formula is C15H31NOS. The molecule has 0 spiro atoms. The number of unbranched alkanes of at least 4 members (excludes halogenated alkanes) is 2. The van der Waals surface area contributed by atoms with Crippen LogP contribution in [-0.2, 0) is 10.8 Å². The monoisotopic (exact) mass is 273 g/mol. The molecule has 1 aliphatic carbocycles.